The van der Waals surface area contributed by atoms with Crippen molar-refractivity contribution in [2.45, 2.75) is 38.8 Å². The maximum Gasteiger partial charge on any atom is 0.417 e. The van der Waals surface area contributed by atoms with E-state index in [1.807, 2.05) is 31.2 Å². The summed E-state index contributed by atoms with van der Waals surface area (Å²) < 4.78 is 40.4. The number of alkyl halides is 3. The van der Waals surface area contributed by atoms with E-state index < -0.39 is 17.3 Å². The van der Waals surface area contributed by atoms with E-state index in [4.69, 9.17) is 17.5 Å². The van der Waals surface area contributed by atoms with Gasteiger partial charge in [-0.15, -0.1) is 0 Å². The zero-order valence-corrected chi connectivity index (χ0v) is 17.2. The molecule has 0 aliphatic carbocycles. The van der Waals surface area contributed by atoms with Crippen LogP contribution in [0.3, 0.4) is 0 Å². The van der Waals surface area contributed by atoms with Gasteiger partial charge in [-0.25, -0.2) is 0 Å². The van der Waals surface area contributed by atoms with Gasteiger partial charge in [-0.1, -0.05) is 24.1 Å². The van der Waals surface area contributed by atoms with Crippen molar-refractivity contribution in [3.63, 3.8) is 0 Å². The molecular weight excluding hydrogens is 411 g/mol. The third-order valence-electron chi connectivity index (χ3n) is 4.98. The van der Waals surface area contributed by atoms with Crippen molar-refractivity contribution in [1.82, 2.24) is 0 Å². The van der Waals surface area contributed by atoms with E-state index in [-0.39, 0.29) is 23.1 Å². The summed E-state index contributed by atoms with van der Waals surface area (Å²) >= 11 is 5.61. The highest BCUT2D eigenvalue weighted by Gasteiger charge is 2.35. The van der Waals surface area contributed by atoms with E-state index in [2.05, 4.69) is 0 Å². The maximum atomic E-state index is 13.5. The van der Waals surface area contributed by atoms with Crippen molar-refractivity contribution >= 4 is 34.6 Å². The first-order valence-electron chi connectivity index (χ1n) is 9.55. The van der Waals surface area contributed by atoms with E-state index in [0.717, 1.165) is 41.1 Å². The molecule has 0 radical (unpaired) electrons. The van der Waals surface area contributed by atoms with Gasteiger partial charge in [0.05, 0.1) is 22.9 Å². The van der Waals surface area contributed by atoms with Crippen LogP contribution < -0.4 is 9.80 Å². The Kier molecular flexibility index (Phi) is 6.42. The molecule has 1 amide bonds. The van der Waals surface area contributed by atoms with Gasteiger partial charge in [0, 0.05) is 18.7 Å². The third kappa shape index (κ3) is 4.62. The molecular formula is C22H20F3N3OS. The molecule has 156 valence electrons. The Morgan fingerprint density at radius 2 is 1.70 bits per heavy atom. The molecule has 1 aliphatic rings. The number of aryl methyl sites for hydroxylation is 1. The molecule has 0 atom stereocenters. The molecule has 0 saturated carbocycles. The highest BCUT2D eigenvalue weighted by Crippen LogP contribution is 2.35. The van der Waals surface area contributed by atoms with E-state index in [9.17, 15) is 18.0 Å². The second kappa shape index (κ2) is 8.84. The minimum atomic E-state index is -4.72. The van der Waals surface area contributed by atoms with Crippen LogP contribution >= 0.6 is 12.2 Å². The maximum absolute atomic E-state index is 13.5. The molecule has 3 rings (SSSR count). The van der Waals surface area contributed by atoms with Crippen molar-refractivity contribution in [3.8, 4) is 6.07 Å². The van der Waals surface area contributed by atoms with Gasteiger partial charge >= 0.3 is 6.18 Å². The average molecular weight is 431 g/mol. The molecule has 0 spiro atoms. The van der Waals surface area contributed by atoms with Gasteiger partial charge in [0.2, 0.25) is 5.91 Å². The van der Waals surface area contributed by atoms with E-state index in [1.54, 1.807) is 11.0 Å². The zero-order chi connectivity index (χ0) is 21.9. The lowest BCUT2D eigenvalue weighted by Gasteiger charge is -2.32. The third-order valence-corrected chi connectivity index (χ3v) is 5.38. The summed E-state index contributed by atoms with van der Waals surface area (Å²) in [7, 11) is 0. The second-order valence-electron chi connectivity index (χ2n) is 7.15. The van der Waals surface area contributed by atoms with Crippen LogP contribution in [0, 0.1) is 18.3 Å². The number of nitriles is 1. The van der Waals surface area contributed by atoms with E-state index in [0.29, 0.717) is 13.0 Å². The SMILES string of the molecule is Cc1ccc(N2CCCCCC(=O)N(c3ccc(C#N)c(C(F)(F)F)c3)C2=S)cc1. The van der Waals surface area contributed by atoms with Crippen molar-refractivity contribution < 1.29 is 18.0 Å². The molecule has 1 saturated heterocycles. The molecule has 8 heteroatoms. The summed E-state index contributed by atoms with van der Waals surface area (Å²) in [6.45, 7) is 2.50. The first-order chi connectivity index (χ1) is 14.2. The quantitative estimate of drug-likeness (QED) is 0.582. The van der Waals surface area contributed by atoms with Crippen LogP contribution in [0.5, 0.6) is 0 Å². The Labute approximate surface area is 178 Å². The highest BCUT2D eigenvalue weighted by atomic mass is 32.1. The lowest BCUT2D eigenvalue weighted by molar-refractivity contribution is -0.137. The molecule has 2 aromatic carbocycles. The molecule has 0 unspecified atom stereocenters. The van der Waals surface area contributed by atoms with Crippen LogP contribution in [0.15, 0.2) is 42.5 Å². The molecule has 4 nitrogen and oxygen atoms in total. The fraction of sp³-hybridized carbons (Fsp3) is 0.318. The lowest BCUT2D eigenvalue weighted by atomic mass is 10.1. The number of hydrogen-bond donors (Lipinski definition) is 0. The fourth-order valence-corrected chi connectivity index (χ4v) is 3.78. The number of halogens is 3. The Balaban J connectivity index is 2.09. The van der Waals surface area contributed by atoms with Crippen molar-refractivity contribution in [1.29, 1.82) is 5.26 Å². The minimum absolute atomic E-state index is 0.00957. The summed E-state index contributed by atoms with van der Waals surface area (Å²) in [4.78, 5) is 15.9. The Hall–Kier alpha value is -2.92. The fourth-order valence-electron chi connectivity index (χ4n) is 3.38. The summed E-state index contributed by atoms with van der Waals surface area (Å²) in [5.74, 6) is -0.364. The van der Waals surface area contributed by atoms with Gasteiger partial charge in [-0.2, -0.15) is 18.4 Å². The molecule has 0 aromatic heterocycles. The second-order valence-corrected chi connectivity index (χ2v) is 7.51. The minimum Gasteiger partial charge on any atom is -0.318 e. The van der Waals surface area contributed by atoms with Crippen LogP contribution in [0.2, 0.25) is 0 Å². The van der Waals surface area contributed by atoms with Crippen molar-refractivity contribution in [2.24, 2.45) is 0 Å². The molecule has 1 heterocycles. The zero-order valence-electron chi connectivity index (χ0n) is 16.4. The van der Waals surface area contributed by atoms with Crippen LogP contribution in [0.25, 0.3) is 0 Å². The Morgan fingerprint density at radius 1 is 1.03 bits per heavy atom. The predicted octanol–water partition coefficient (Wildman–Crippen LogP) is 5.58. The number of benzene rings is 2. The van der Waals surface area contributed by atoms with Gasteiger partial charge in [-0.05, 0) is 62.3 Å². The average Bonchev–Trinajstić information content (AvgIpc) is 2.77. The first-order valence-corrected chi connectivity index (χ1v) is 9.95. The topological polar surface area (TPSA) is 47.3 Å². The lowest BCUT2D eigenvalue weighted by Crippen LogP contribution is -2.46. The van der Waals surface area contributed by atoms with Gasteiger partial charge < -0.3 is 4.90 Å². The summed E-state index contributed by atoms with van der Waals surface area (Å²) in [5.41, 5.74) is 0.262. The summed E-state index contributed by atoms with van der Waals surface area (Å²) in [6, 6.07) is 12.4. The van der Waals surface area contributed by atoms with E-state index >= 15 is 0 Å². The Bertz CT molecular complexity index is 996. The number of hydrogen-bond acceptors (Lipinski definition) is 3. The number of amides is 1. The van der Waals surface area contributed by atoms with Gasteiger partial charge in [-0.3, -0.25) is 9.69 Å². The number of carbonyl (C=O) groups excluding carboxylic acids is 1. The largest absolute Gasteiger partial charge is 0.417 e. The predicted molar refractivity (Wildman–Crippen MR) is 113 cm³/mol. The molecule has 0 bridgehead atoms. The number of thiocarbonyl (C=S) groups is 1. The number of carbonyl (C=O) groups is 1. The van der Waals surface area contributed by atoms with Gasteiger partial charge in [0.1, 0.15) is 0 Å². The van der Waals surface area contributed by atoms with Crippen LogP contribution in [0.4, 0.5) is 24.5 Å². The van der Waals surface area contributed by atoms with Crippen molar-refractivity contribution in [3.05, 3.63) is 59.2 Å². The molecule has 1 aliphatic heterocycles. The van der Waals surface area contributed by atoms with E-state index in [1.165, 1.54) is 6.07 Å². The number of nitrogens with zero attached hydrogens (tertiary/aromatic N) is 3. The van der Waals surface area contributed by atoms with Crippen molar-refractivity contribution in [2.75, 3.05) is 16.3 Å². The number of rotatable bonds is 2. The monoisotopic (exact) mass is 431 g/mol. The van der Waals surface area contributed by atoms with Crippen LogP contribution in [-0.4, -0.2) is 17.6 Å². The van der Waals surface area contributed by atoms with Gasteiger partial charge in [0.15, 0.2) is 5.11 Å². The summed E-state index contributed by atoms with van der Waals surface area (Å²) in [5, 5.41) is 9.18. The smallest absolute Gasteiger partial charge is 0.318 e. The Morgan fingerprint density at radius 3 is 2.33 bits per heavy atom. The molecule has 30 heavy (non-hydrogen) atoms. The van der Waals surface area contributed by atoms with Crippen LogP contribution in [0.1, 0.15) is 42.4 Å². The summed E-state index contributed by atoms with van der Waals surface area (Å²) in [6.07, 6.45) is -2.30. The first kappa shape index (κ1) is 21.8. The van der Waals surface area contributed by atoms with Gasteiger partial charge in [0.25, 0.3) is 0 Å². The van der Waals surface area contributed by atoms with Crippen LogP contribution in [-0.2, 0) is 11.0 Å². The molecule has 1 fully saturated rings. The standard InChI is InChI=1S/C22H20F3N3OS/c1-15-6-9-17(10-7-15)27-12-4-2-3-5-20(29)28(21(27)30)18-11-8-16(14-26)19(13-18)22(23,24)25/h6-11,13H,2-5,12H2,1H3. The number of anilines is 2. The molecule has 0 N–H and O–H groups in total. The highest BCUT2D eigenvalue weighted by molar-refractivity contribution is 7.81. The molecule has 2 aromatic rings. The normalized spacial score (nSPS) is 16.0.